The maximum Gasteiger partial charge on any atom is 0.305 e. The van der Waals surface area contributed by atoms with Crippen molar-refractivity contribution in [1.29, 1.82) is 0 Å². The molecule has 0 bridgehead atoms. The Balaban J connectivity index is 2.48. The van der Waals surface area contributed by atoms with E-state index in [-0.39, 0.29) is 19.2 Å². The van der Waals surface area contributed by atoms with E-state index < -0.39 is 0 Å². The van der Waals surface area contributed by atoms with Crippen molar-refractivity contribution in [2.45, 2.75) is 26.1 Å². The second-order valence-corrected chi connectivity index (χ2v) is 3.63. The zero-order chi connectivity index (χ0) is 13.4. The van der Waals surface area contributed by atoms with E-state index in [9.17, 15) is 4.79 Å². The van der Waals surface area contributed by atoms with Gasteiger partial charge in [0.1, 0.15) is 5.75 Å². The Hall–Kier alpha value is -1.66. The van der Waals surface area contributed by atoms with Gasteiger partial charge in [-0.05, 0) is 6.42 Å². The molecule has 2 N–H and O–H groups in total. The van der Waals surface area contributed by atoms with E-state index in [0.717, 1.165) is 0 Å². The lowest BCUT2D eigenvalue weighted by atomic mass is 10.3. The van der Waals surface area contributed by atoms with Crippen LogP contribution in [-0.4, -0.2) is 34.9 Å². The van der Waals surface area contributed by atoms with Crippen LogP contribution in [0.2, 0.25) is 0 Å². The predicted molar refractivity (Wildman–Crippen MR) is 62.8 cm³/mol. The van der Waals surface area contributed by atoms with Crippen molar-refractivity contribution in [3.63, 3.8) is 0 Å². The van der Waals surface area contributed by atoms with Crippen molar-refractivity contribution in [3.05, 3.63) is 23.5 Å². The fourth-order valence-electron chi connectivity index (χ4n) is 1.37. The third-order valence-electron chi connectivity index (χ3n) is 2.25. The molecule has 0 saturated carbocycles. The molecule has 1 aromatic rings. The van der Waals surface area contributed by atoms with Crippen LogP contribution in [0.4, 0.5) is 0 Å². The number of aromatic nitrogens is 1. The molecule has 100 valence electrons. The fraction of sp³-hybridized carbons (Fsp3) is 0.500. The van der Waals surface area contributed by atoms with Gasteiger partial charge in [-0.25, -0.2) is 0 Å². The number of aliphatic hydroxyl groups excluding tert-OH is 2. The van der Waals surface area contributed by atoms with Crippen molar-refractivity contribution >= 4 is 5.97 Å². The number of pyridine rings is 1. The minimum absolute atomic E-state index is 0.216. The first kappa shape index (κ1) is 14.4. The van der Waals surface area contributed by atoms with Crippen LogP contribution in [0.1, 0.15) is 24.2 Å². The van der Waals surface area contributed by atoms with E-state index in [1.165, 1.54) is 7.11 Å². The number of hydrogen-bond donors (Lipinski definition) is 2. The Morgan fingerprint density at radius 3 is 2.39 bits per heavy atom. The molecule has 0 spiro atoms. The van der Waals surface area contributed by atoms with E-state index in [2.05, 4.69) is 9.72 Å². The maximum absolute atomic E-state index is 10.9. The third-order valence-corrected chi connectivity index (χ3v) is 2.25. The molecule has 0 unspecified atom stereocenters. The smallest absolute Gasteiger partial charge is 0.305 e. The molecule has 6 heteroatoms. The molecule has 0 aliphatic rings. The summed E-state index contributed by atoms with van der Waals surface area (Å²) >= 11 is 0. The number of methoxy groups -OCH3 is 1. The normalized spacial score (nSPS) is 10.2. The summed E-state index contributed by atoms with van der Waals surface area (Å²) in [6, 6.07) is 3.19. The van der Waals surface area contributed by atoms with E-state index in [1.54, 1.807) is 12.1 Å². The molecule has 0 fully saturated rings. The highest BCUT2D eigenvalue weighted by Crippen LogP contribution is 2.15. The Morgan fingerprint density at radius 2 is 1.89 bits per heavy atom. The number of rotatable bonds is 7. The molecule has 6 nitrogen and oxygen atoms in total. The summed E-state index contributed by atoms with van der Waals surface area (Å²) in [5.74, 6) is 0.239. The van der Waals surface area contributed by atoms with Gasteiger partial charge in [0.25, 0.3) is 0 Å². The van der Waals surface area contributed by atoms with Gasteiger partial charge in [-0.1, -0.05) is 0 Å². The average Bonchev–Trinajstić information content (AvgIpc) is 2.42. The van der Waals surface area contributed by atoms with Gasteiger partial charge in [0, 0.05) is 18.6 Å². The number of nitrogens with zero attached hydrogens (tertiary/aromatic N) is 1. The van der Waals surface area contributed by atoms with Gasteiger partial charge in [0.15, 0.2) is 0 Å². The second-order valence-electron chi connectivity index (χ2n) is 3.63. The number of hydrogen-bond acceptors (Lipinski definition) is 6. The Kier molecular flexibility index (Phi) is 6.10. The zero-order valence-electron chi connectivity index (χ0n) is 10.3. The lowest BCUT2D eigenvalue weighted by Crippen LogP contribution is -2.05. The number of esters is 1. The fourth-order valence-corrected chi connectivity index (χ4v) is 1.37. The summed E-state index contributed by atoms with van der Waals surface area (Å²) in [6.45, 7) is -0.0758. The van der Waals surface area contributed by atoms with Crippen LogP contribution in [0.5, 0.6) is 5.75 Å². The zero-order valence-corrected chi connectivity index (χ0v) is 10.3. The summed E-state index contributed by atoms with van der Waals surface area (Å²) in [5, 5.41) is 18.0. The SMILES string of the molecule is COC(=O)CCCOc1cc(CO)nc(CO)c1. The van der Waals surface area contributed by atoms with Gasteiger partial charge < -0.3 is 19.7 Å². The molecule has 1 heterocycles. The largest absolute Gasteiger partial charge is 0.493 e. The molecular weight excluding hydrogens is 238 g/mol. The van der Waals surface area contributed by atoms with E-state index in [1.807, 2.05) is 0 Å². The molecule has 1 rings (SSSR count). The van der Waals surface area contributed by atoms with E-state index in [4.69, 9.17) is 14.9 Å². The first-order valence-corrected chi connectivity index (χ1v) is 5.60. The molecule has 0 amide bonds. The highest BCUT2D eigenvalue weighted by molar-refractivity contribution is 5.69. The first-order valence-electron chi connectivity index (χ1n) is 5.60. The van der Waals surface area contributed by atoms with Crippen LogP contribution in [0.15, 0.2) is 12.1 Å². The Bertz CT molecular complexity index is 372. The molecule has 0 saturated heterocycles. The van der Waals surface area contributed by atoms with Gasteiger partial charge >= 0.3 is 5.97 Å². The lowest BCUT2D eigenvalue weighted by molar-refractivity contribution is -0.140. The van der Waals surface area contributed by atoms with Gasteiger partial charge in [-0.15, -0.1) is 0 Å². The standard InChI is InChI=1S/C12H17NO5/c1-17-12(16)3-2-4-18-11-5-9(7-14)13-10(6-11)8-15/h5-6,14-15H,2-4,7-8H2,1H3. The quantitative estimate of drug-likeness (QED) is 0.541. The summed E-state index contributed by atoms with van der Waals surface area (Å²) in [7, 11) is 1.34. The van der Waals surface area contributed by atoms with Crippen molar-refractivity contribution in [1.82, 2.24) is 4.98 Å². The minimum Gasteiger partial charge on any atom is -0.493 e. The number of carbonyl (C=O) groups excluding carboxylic acids is 1. The Morgan fingerprint density at radius 1 is 1.28 bits per heavy atom. The average molecular weight is 255 g/mol. The van der Waals surface area contributed by atoms with Gasteiger partial charge in [0.05, 0.1) is 38.3 Å². The molecule has 0 aromatic carbocycles. The topological polar surface area (TPSA) is 88.9 Å². The summed E-state index contributed by atoms with van der Waals surface area (Å²) in [6.07, 6.45) is 0.833. The monoisotopic (exact) mass is 255 g/mol. The van der Waals surface area contributed by atoms with Gasteiger partial charge in [-0.2, -0.15) is 0 Å². The van der Waals surface area contributed by atoms with Crippen LogP contribution in [-0.2, 0) is 22.7 Å². The Labute approximate surface area is 105 Å². The van der Waals surface area contributed by atoms with E-state index in [0.29, 0.717) is 36.6 Å². The summed E-state index contributed by atoms with van der Waals surface area (Å²) in [4.78, 5) is 14.9. The number of carbonyl (C=O) groups is 1. The van der Waals surface area contributed by atoms with Crippen molar-refractivity contribution in [3.8, 4) is 5.75 Å². The number of aliphatic hydroxyl groups is 2. The maximum atomic E-state index is 10.9. The van der Waals surface area contributed by atoms with Crippen LogP contribution in [0.3, 0.4) is 0 Å². The minimum atomic E-state index is -0.277. The molecular formula is C12H17NO5. The van der Waals surface area contributed by atoms with Gasteiger partial charge in [0.2, 0.25) is 0 Å². The van der Waals surface area contributed by atoms with Crippen LogP contribution in [0.25, 0.3) is 0 Å². The highest BCUT2D eigenvalue weighted by atomic mass is 16.5. The molecule has 0 aliphatic heterocycles. The first-order chi connectivity index (χ1) is 8.69. The molecule has 1 aromatic heterocycles. The second kappa shape index (κ2) is 7.62. The van der Waals surface area contributed by atoms with Crippen molar-refractivity contribution in [2.24, 2.45) is 0 Å². The van der Waals surface area contributed by atoms with Gasteiger partial charge in [-0.3, -0.25) is 9.78 Å². The van der Waals surface area contributed by atoms with Crippen molar-refractivity contribution in [2.75, 3.05) is 13.7 Å². The predicted octanol–water partition coefficient (Wildman–Crippen LogP) is 0.398. The molecule has 0 aliphatic carbocycles. The van der Waals surface area contributed by atoms with Crippen molar-refractivity contribution < 1.29 is 24.5 Å². The molecule has 0 radical (unpaired) electrons. The number of ether oxygens (including phenoxy) is 2. The van der Waals surface area contributed by atoms with Crippen LogP contribution in [0, 0.1) is 0 Å². The summed E-state index contributed by atoms with van der Waals surface area (Å²) < 4.78 is 9.92. The van der Waals surface area contributed by atoms with Crippen LogP contribution < -0.4 is 4.74 Å². The lowest BCUT2D eigenvalue weighted by Gasteiger charge is -2.08. The van der Waals surface area contributed by atoms with E-state index >= 15 is 0 Å². The highest BCUT2D eigenvalue weighted by Gasteiger charge is 2.04. The molecule has 0 atom stereocenters. The molecule has 18 heavy (non-hydrogen) atoms. The van der Waals surface area contributed by atoms with Crippen LogP contribution >= 0.6 is 0 Å². The summed E-state index contributed by atoms with van der Waals surface area (Å²) in [5.41, 5.74) is 0.869. The third kappa shape index (κ3) is 4.68.